The van der Waals surface area contributed by atoms with Gasteiger partial charge in [0.2, 0.25) is 0 Å². The largest absolute Gasteiger partial charge is 0.385 e. The molecule has 2 aliphatic carbocycles. The molecule has 0 radical (unpaired) electrons. The van der Waals surface area contributed by atoms with Crippen LogP contribution < -0.4 is 0 Å². The normalized spacial score (nSPS) is 28.9. The molecule has 0 saturated heterocycles. The predicted octanol–water partition coefficient (Wildman–Crippen LogP) is 3.03. The van der Waals surface area contributed by atoms with Gasteiger partial charge in [0.15, 0.2) is 11.6 Å². The number of carbonyl (C=O) groups is 2. The zero-order valence-electron chi connectivity index (χ0n) is 15.5. The maximum Gasteiger partial charge on any atom is 0.177 e. The van der Waals surface area contributed by atoms with Crippen molar-refractivity contribution >= 4 is 11.6 Å². The number of carbonyl (C=O) groups excluding carboxylic acids is 2. The molecule has 1 fully saturated rings. The summed E-state index contributed by atoms with van der Waals surface area (Å²) in [6.45, 7) is 0.724. The van der Waals surface area contributed by atoms with Crippen molar-refractivity contribution < 1.29 is 14.7 Å². The summed E-state index contributed by atoms with van der Waals surface area (Å²) in [6.07, 6.45) is 8.53. The summed E-state index contributed by atoms with van der Waals surface area (Å²) in [6, 6.07) is 8.89. The van der Waals surface area contributed by atoms with Crippen molar-refractivity contribution in [3.63, 3.8) is 0 Å². The van der Waals surface area contributed by atoms with Crippen LogP contribution in [0, 0.1) is 11.8 Å². The van der Waals surface area contributed by atoms with Gasteiger partial charge in [-0.1, -0.05) is 61.4 Å². The molecule has 0 heterocycles. The van der Waals surface area contributed by atoms with Crippen LogP contribution >= 0.6 is 0 Å². The number of ketones is 2. The Kier molecular flexibility index (Phi) is 5.54. The van der Waals surface area contributed by atoms with E-state index in [-0.39, 0.29) is 17.5 Å². The van der Waals surface area contributed by atoms with Gasteiger partial charge in [-0.05, 0) is 26.9 Å². The summed E-state index contributed by atoms with van der Waals surface area (Å²) >= 11 is 0. The highest BCUT2D eigenvalue weighted by atomic mass is 16.3. The minimum absolute atomic E-state index is 0.000396. The first-order valence-corrected chi connectivity index (χ1v) is 9.33. The molecule has 0 spiro atoms. The second-order valence-corrected chi connectivity index (χ2v) is 7.67. The molecule has 3 rings (SSSR count). The van der Waals surface area contributed by atoms with Gasteiger partial charge < -0.3 is 10.0 Å². The number of aliphatic hydroxyl groups is 1. The number of rotatable bonds is 5. The highest BCUT2D eigenvalue weighted by Gasteiger charge is 2.47. The van der Waals surface area contributed by atoms with E-state index in [1.807, 2.05) is 20.2 Å². The molecule has 0 aromatic heterocycles. The topological polar surface area (TPSA) is 57.6 Å². The molecule has 1 N–H and O–H groups in total. The van der Waals surface area contributed by atoms with Crippen LogP contribution in [0.15, 0.2) is 54.1 Å². The first-order chi connectivity index (χ1) is 12.4. The van der Waals surface area contributed by atoms with Crippen LogP contribution in [0.25, 0.3) is 0 Å². The van der Waals surface area contributed by atoms with E-state index in [1.165, 1.54) is 0 Å². The zero-order valence-corrected chi connectivity index (χ0v) is 15.5. The molecule has 1 saturated carbocycles. The Morgan fingerprint density at radius 3 is 2.65 bits per heavy atom. The van der Waals surface area contributed by atoms with Crippen LogP contribution in [-0.2, 0) is 4.79 Å². The van der Waals surface area contributed by atoms with Gasteiger partial charge in [-0.2, -0.15) is 0 Å². The van der Waals surface area contributed by atoms with Crippen molar-refractivity contribution in [2.75, 3.05) is 20.6 Å². The molecule has 2 aliphatic rings. The lowest BCUT2D eigenvalue weighted by Crippen LogP contribution is -2.50. The second kappa shape index (κ2) is 7.68. The lowest BCUT2D eigenvalue weighted by molar-refractivity contribution is -0.121. The Bertz CT molecular complexity index is 735. The number of nitrogens with zero attached hydrogens (tertiary/aromatic N) is 1. The number of benzene rings is 1. The maximum atomic E-state index is 13.2. The third-order valence-corrected chi connectivity index (χ3v) is 5.54. The van der Waals surface area contributed by atoms with Crippen molar-refractivity contribution in [2.45, 2.75) is 31.3 Å². The molecule has 0 amide bonds. The Hall–Kier alpha value is -2.04. The first-order valence-electron chi connectivity index (χ1n) is 9.33. The van der Waals surface area contributed by atoms with Gasteiger partial charge >= 0.3 is 0 Å². The Balaban J connectivity index is 1.88. The van der Waals surface area contributed by atoms with E-state index in [0.29, 0.717) is 17.6 Å². The van der Waals surface area contributed by atoms with Crippen LogP contribution in [0.5, 0.6) is 0 Å². The van der Waals surface area contributed by atoms with E-state index in [9.17, 15) is 14.7 Å². The minimum atomic E-state index is -1.15. The van der Waals surface area contributed by atoms with Crippen LogP contribution in [0.4, 0.5) is 0 Å². The van der Waals surface area contributed by atoms with Gasteiger partial charge in [0.05, 0.1) is 5.60 Å². The lowest BCUT2D eigenvalue weighted by Gasteiger charge is -2.43. The van der Waals surface area contributed by atoms with E-state index >= 15 is 0 Å². The summed E-state index contributed by atoms with van der Waals surface area (Å²) in [5, 5.41) is 11.5. The van der Waals surface area contributed by atoms with Crippen molar-refractivity contribution in [1.29, 1.82) is 0 Å². The summed E-state index contributed by atoms with van der Waals surface area (Å²) in [7, 11) is 3.96. The van der Waals surface area contributed by atoms with Gasteiger partial charge in [0, 0.05) is 23.6 Å². The predicted molar refractivity (Wildman–Crippen MR) is 102 cm³/mol. The average molecular weight is 353 g/mol. The number of Topliss-reactive ketones (excluding diaryl/α,β-unsaturated/α-hetero) is 2. The summed E-state index contributed by atoms with van der Waals surface area (Å²) < 4.78 is 0. The maximum absolute atomic E-state index is 13.2. The number of hydrogen-bond donors (Lipinski definition) is 1. The van der Waals surface area contributed by atoms with Crippen LogP contribution in [-0.4, -0.2) is 47.8 Å². The minimum Gasteiger partial charge on any atom is -0.385 e. The van der Waals surface area contributed by atoms with E-state index in [1.54, 1.807) is 42.5 Å². The van der Waals surface area contributed by atoms with E-state index in [4.69, 9.17) is 0 Å². The second-order valence-electron chi connectivity index (χ2n) is 7.67. The monoisotopic (exact) mass is 353 g/mol. The Morgan fingerprint density at radius 2 is 1.96 bits per heavy atom. The first kappa shape index (κ1) is 18.7. The summed E-state index contributed by atoms with van der Waals surface area (Å²) in [5.41, 5.74) is -0.224. The lowest BCUT2D eigenvalue weighted by atomic mass is 9.67. The molecule has 1 aromatic carbocycles. The van der Waals surface area contributed by atoms with Crippen molar-refractivity contribution in [2.24, 2.45) is 11.8 Å². The van der Waals surface area contributed by atoms with Gasteiger partial charge in [-0.15, -0.1) is 0 Å². The fourth-order valence-electron chi connectivity index (χ4n) is 4.21. The van der Waals surface area contributed by atoms with Gasteiger partial charge in [-0.25, -0.2) is 0 Å². The quantitative estimate of drug-likeness (QED) is 0.653. The Morgan fingerprint density at radius 1 is 1.23 bits per heavy atom. The van der Waals surface area contributed by atoms with Crippen LogP contribution in [0.2, 0.25) is 0 Å². The summed E-state index contributed by atoms with van der Waals surface area (Å²) in [5.74, 6) is -1.31. The molecule has 3 atom stereocenters. The number of hydrogen-bond acceptors (Lipinski definition) is 4. The molecule has 4 nitrogen and oxygen atoms in total. The van der Waals surface area contributed by atoms with Gasteiger partial charge in [-0.3, -0.25) is 9.59 Å². The van der Waals surface area contributed by atoms with Crippen molar-refractivity contribution in [3.8, 4) is 0 Å². The third kappa shape index (κ3) is 3.57. The molecular formula is C22H27NO3. The highest BCUT2D eigenvalue weighted by molar-refractivity contribution is 6.18. The molecule has 0 bridgehead atoms. The smallest absolute Gasteiger partial charge is 0.177 e. The molecule has 0 aliphatic heterocycles. The highest BCUT2D eigenvalue weighted by Crippen LogP contribution is 2.41. The third-order valence-electron chi connectivity index (χ3n) is 5.54. The molecule has 26 heavy (non-hydrogen) atoms. The molecule has 138 valence electrons. The Labute approximate surface area is 155 Å². The van der Waals surface area contributed by atoms with Gasteiger partial charge in [0.1, 0.15) is 5.92 Å². The number of allylic oxidation sites excluding steroid dienone is 3. The SMILES string of the molecule is CN(C)C[C@@H]1CCCC[C@@]1(O)C1=CC=CC(C(=O)c2ccccc2)C1=O. The fourth-order valence-corrected chi connectivity index (χ4v) is 4.21. The van der Waals surface area contributed by atoms with Crippen molar-refractivity contribution in [1.82, 2.24) is 4.90 Å². The van der Waals surface area contributed by atoms with E-state index in [0.717, 1.165) is 25.8 Å². The molecule has 4 heteroatoms. The van der Waals surface area contributed by atoms with Crippen LogP contribution in [0.1, 0.15) is 36.0 Å². The molecule has 1 aromatic rings. The van der Waals surface area contributed by atoms with E-state index < -0.39 is 11.5 Å². The van der Waals surface area contributed by atoms with E-state index in [2.05, 4.69) is 4.90 Å². The standard InChI is InChI=1S/C22H27NO3/c1-23(2)15-17-11-6-7-14-22(17,26)19-13-8-12-18(21(19)25)20(24)16-9-4-3-5-10-16/h3-5,8-10,12-13,17-18,26H,6-7,11,14-15H2,1-2H3/t17-,18?,22-/m0/s1. The molecule has 1 unspecified atom stereocenters. The molecular weight excluding hydrogens is 326 g/mol. The zero-order chi connectivity index (χ0) is 18.7. The van der Waals surface area contributed by atoms with Crippen LogP contribution in [0.3, 0.4) is 0 Å². The van der Waals surface area contributed by atoms with Crippen molar-refractivity contribution in [3.05, 3.63) is 59.7 Å². The average Bonchev–Trinajstić information content (AvgIpc) is 2.64. The summed E-state index contributed by atoms with van der Waals surface area (Å²) in [4.78, 5) is 28.0. The fraction of sp³-hybridized carbons (Fsp3) is 0.455. The van der Waals surface area contributed by atoms with Gasteiger partial charge in [0.25, 0.3) is 0 Å².